The van der Waals surface area contributed by atoms with Gasteiger partial charge in [-0.05, 0) is 19.6 Å². The average Bonchev–Trinajstić information content (AvgIpc) is 2.78. The summed E-state index contributed by atoms with van der Waals surface area (Å²) in [6, 6.07) is 0. The number of thioether (sulfide) groups is 1. The van der Waals surface area contributed by atoms with Gasteiger partial charge in [-0.15, -0.1) is 0 Å². The van der Waals surface area contributed by atoms with Crippen molar-refractivity contribution in [2.45, 2.75) is 18.6 Å². The molecule has 106 valence electrons. The van der Waals surface area contributed by atoms with E-state index in [1.807, 2.05) is 13.2 Å². The first-order chi connectivity index (χ1) is 9.13. The lowest BCUT2D eigenvalue weighted by atomic mass is 10.3. The zero-order valence-corrected chi connectivity index (χ0v) is 12.2. The van der Waals surface area contributed by atoms with Crippen LogP contribution >= 0.6 is 11.8 Å². The van der Waals surface area contributed by atoms with Crippen LogP contribution in [0.1, 0.15) is 13.3 Å². The van der Waals surface area contributed by atoms with Crippen LogP contribution in [0, 0.1) is 4.91 Å². The molecule has 3 N–H and O–H groups in total. The van der Waals surface area contributed by atoms with Crippen LogP contribution in [0.2, 0.25) is 0 Å². The Labute approximate surface area is 118 Å². The maximum Gasteiger partial charge on any atom is 0.155 e. The Balaban J connectivity index is 2.77. The van der Waals surface area contributed by atoms with Crippen molar-refractivity contribution in [3.8, 4) is 0 Å². The second-order valence-electron chi connectivity index (χ2n) is 4.17. The molecule has 1 atom stereocenters. The normalized spacial score (nSPS) is 16.8. The van der Waals surface area contributed by atoms with Gasteiger partial charge >= 0.3 is 0 Å². The van der Waals surface area contributed by atoms with Crippen LogP contribution in [0.3, 0.4) is 0 Å². The van der Waals surface area contributed by atoms with Crippen LogP contribution < -0.4 is 11.1 Å². The van der Waals surface area contributed by atoms with Gasteiger partial charge in [0.25, 0.3) is 0 Å². The molecule has 19 heavy (non-hydrogen) atoms. The van der Waals surface area contributed by atoms with Gasteiger partial charge in [-0.25, -0.2) is 4.99 Å². The van der Waals surface area contributed by atoms with Crippen molar-refractivity contribution >= 4 is 18.0 Å². The summed E-state index contributed by atoms with van der Waals surface area (Å²) in [5.41, 5.74) is 7.02. The molecule has 0 aromatic heterocycles. The fourth-order valence-electron chi connectivity index (χ4n) is 1.89. The Morgan fingerprint density at radius 3 is 3.00 bits per heavy atom. The molecule has 1 rings (SSSR count). The summed E-state index contributed by atoms with van der Waals surface area (Å²) in [5, 5.41) is 6.46. The van der Waals surface area contributed by atoms with Crippen molar-refractivity contribution < 1.29 is 0 Å². The molecule has 0 spiro atoms. The summed E-state index contributed by atoms with van der Waals surface area (Å²) in [6.07, 6.45) is 4.54. The molecule has 7 heteroatoms. The van der Waals surface area contributed by atoms with E-state index >= 15 is 0 Å². The van der Waals surface area contributed by atoms with Gasteiger partial charge < -0.3 is 16.0 Å². The highest BCUT2D eigenvalue weighted by atomic mass is 32.2. The zero-order chi connectivity index (χ0) is 14.3. The lowest BCUT2D eigenvalue weighted by molar-refractivity contribution is 0.357. The number of nitrogens with zero attached hydrogens (tertiary/aromatic N) is 3. The van der Waals surface area contributed by atoms with Crippen molar-refractivity contribution in [1.29, 1.82) is 0 Å². The number of rotatable bonds is 8. The van der Waals surface area contributed by atoms with E-state index in [0.29, 0.717) is 24.2 Å². The number of nitrogens with one attached hydrogen (secondary N) is 1. The number of hydrogen-bond donors (Lipinski definition) is 2. The monoisotopic (exact) mass is 283 g/mol. The van der Waals surface area contributed by atoms with Crippen LogP contribution in [-0.2, 0) is 0 Å². The number of aliphatic imine (C=N–C) groups is 1. The summed E-state index contributed by atoms with van der Waals surface area (Å²) in [7, 11) is 0. The van der Waals surface area contributed by atoms with Gasteiger partial charge in [-0.1, -0.05) is 11.8 Å². The maximum absolute atomic E-state index is 10.2. The van der Waals surface area contributed by atoms with E-state index in [1.165, 1.54) is 0 Å². The number of nitrogens with two attached hydrogens (primary N) is 1. The Morgan fingerprint density at radius 1 is 1.74 bits per heavy atom. The minimum absolute atomic E-state index is 0.340. The molecule has 0 aromatic rings. The van der Waals surface area contributed by atoms with Gasteiger partial charge in [-0.3, -0.25) is 0 Å². The Morgan fingerprint density at radius 2 is 2.47 bits per heavy atom. The highest BCUT2D eigenvalue weighted by Crippen LogP contribution is 2.22. The second kappa shape index (κ2) is 7.83. The van der Waals surface area contributed by atoms with Crippen LogP contribution in [0.15, 0.2) is 34.0 Å². The molecular formula is C12H21N5OS. The first-order valence-electron chi connectivity index (χ1n) is 6.12. The fourth-order valence-corrected chi connectivity index (χ4v) is 2.56. The molecule has 0 bridgehead atoms. The highest BCUT2D eigenvalue weighted by Gasteiger charge is 2.24. The first-order valence-corrected chi connectivity index (χ1v) is 7.41. The third-order valence-electron chi connectivity index (χ3n) is 2.84. The van der Waals surface area contributed by atoms with Crippen molar-refractivity contribution in [1.82, 2.24) is 10.2 Å². The molecule has 1 unspecified atom stereocenters. The highest BCUT2D eigenvalue weighted by molar-refractivity contribution is 7.99. The summed E-state index contributed by atoms with van der Waals surface area (Å²) in [4.78, 5) is 16.7. The van der Waals surface area contributed by atoms with Crippen LogP contribution in [0.4, 0.5) is 0 Å². The SMILES string of the molecule is C=C(N)C1=C(/N=C\C)N(CC(CCN=O)SC)CN1. The van der Waals surface area contributed by atoms with Crippen molar-refractivity contribution in [3.63, 3.8) is 0 Å². The summed E-state index contributed by atoms with van der Waals surface area (Å²) in [6.45, 7) is 7.41. The van der Waals surface area contributed by atoms with Crippen LogP contribution in [0.25, 0.3) is 0 Å². The Bertz CT molecular complexity index is 394. The van der Waals surface area contributed by atoms with Gasteiger partial charge in [0.05, 0.1) is 18.9 Å². The molecule has 0 saturated heterocycles. The minimum atomic E-state index is 0.340. The average molecular weight is 283 g/mol. The van der Waals surface area contributed by atoms with Crippen molar-refractivity contribution in [3.05, 3.63) is 28.7 Å². The molecule has 0 radical (unpaired) electrons. The molecule has 1 aliphatic heterocycles. The van der Waals surface area contributed by atoms with Gasteiger partial charge in [-0.2, -0.15) is 16.7 Å². The van der Waals surface area contributed by atoms with Gasteiger partial charge in [0.1, 0.15) is 5.70 Å². The van der Waals surface area contributed by atoms with E-state index in [0.717, 1.165) is 24.5 Å². The third kappa shape index (κ3) is 4.27. The van der Waals surface area contributed by atoms with E-state index in [2.05, 4.69) is 27.0 Å². The Kier molecular flexibility index (Phi) is 6.41. The number of hydrogen-bond acceptors (Lipinski definition) is 7. The molecule has 1 heterocycles. The second-order valence-corrected chi connectivity index (χ2v) is 5.31. The molecule has 0 amide bonds. The first kappa shape index (κ1) is 15.6. The lowest BCUT2D eigenvalue weighted by Crippen LogP contribution is -2.31. The van der Waals surface area contributed by atoms with Gasteiger partial charge in [0.2, 0.25) is 0 Å². The molecule has 1 aliphatic rings. The number of nitroso groups, excluding NO2 is 1. The van der Waals surface area contributed by atoms with Crippen molar-refractivity contribution in [2.24, 2.45) is 15.9 Å². The predicted molar refractivity (Wildman–Crippen MR) is 81.8 cm³/mol. The molecule has 0 aromatic carbocycles. The molecule has 0 aliphatic carbocycles. The van der Waals surface area contributed by atoms with Crippen LogP contribution in [-0.4, -0.2) is 42.4 Å². The van der Waals surface area contributed by atoms with E-state index in [4.69, 9.17) is 5.73 Å². The fraction of sp³-hybridized carbons (Fsp3) is 0.583. The van der Waals surface area contributed by atoms with E-state index < -0.39 is 0 Å². The maximum atomic E-state index is 10.2. The molecule has 0 saturated carbocycles. The zero-order valence-electron chi connectivity index (χ0n) is 11.4. The van der Waals surface area contributed by atoms with Crippen LogP contribution in [0.5, 0.6) is 0 Å². The lowest BCUT2D eigenvalue weighted by Gasteiger charge is -2.23. The third-order valence-corrected chi connectivity index (χ3v) is 3.89. The summed E-state index contributed by atoms with van der Waals surface area (Å²) in [5.74, 6) is 0.813. The summed E-state index contributed by atoms with van der Waals surface area (Å²) >= 11 is 1.73. The predicted octanol–water partition coefficient (Wildman–Crippen LogP) is 1.47. The van der Waals surface area contributed by atoms with E-state index in [9.17, 15) is 4.91 Å². The standard InChI is InChI=1S/C12H21N5OS/c1-4-14-12-11(9(2)13)15-8-17(12)7-10(19-3)5-6-16-18/h4,10,15H,2,5-8,13H2,1,3H3/b14-4-. The quantitative estimate of drug-likeness (QED) is 0.520. The van der Waals surface area contributed by atoms with Gasteiger partial charge in [0, 0.05) is 18.0 Å². The topological polar surface area (TPSA) is 83.1 Å². The van der Waals surface area contributed by atoms with E-state index in [-0.39, 0.29) is 0 Å². The largest absolute Gasteiger partial charge is 0.397 e. The van der Waals surface area contributed by atoms with Gasteiger partial charge in [0.15, 0.2) is 5.82 Å². The molecule has 0 fully saturated rings. The Hall–Kier alpha value is -1.50. The smallest absolute Gasteiger partial charge is 0.155 e. The van der Waals surface area contributed by atoms with Crippen molar-refractivity contribution in [2.75, 3.05) is 26.0 Å². The molecule has 6 nitrogen and oxygen atoms in total. The summed E-state index contributed by atoms with van der Waals surface area (Å²) < 4.78 is 0. The molecular weight excluding hydrogens is 262 g/mol. The van der Waals surface area contributed by atoms with E-state index in [1.54, 1.807) is 18.0 Å². The minimum Gasteiger partial charge on any atom is -0.397 e.